The Morgan fingerprint density at radius 2 is 1.77 bits per heavy atom. The summed E-state index contributed by atoms with van der Waals surface area (Å²) in [7, 11) is 0. The van der Waals surface area contributed by atoms with Crippen molar-refractivity contribution in [2.75, 3.05) is 11.9 Å². The monoisotopic (exact) mass is 349 g/mol. The zero-order valence-electron chi connectivity index (χ0n) is 14.4. The summed E-state index contributed by atoms with van der Waals surface area (Å²) < 4.78 is 6.78. The fourth-order valence-corrected chi connectivity index (χ4v) is 2.48. The summed E-state index contributed by atoms with van der Waals surface area (Å²) in [6, 6.07) is 19.4. The SMILES string of the molecule is CCOc1ccccc1NC(=O)c1ccc(=O)n(Cc2ccccc2)n1. The van der Waals surface area contributed by atoms with Crippen LogP contribution in [0.3, 0.4) is 0 Å². The molecule has 1 N–H and O–H groups in total. The van der Waals surface area contributed by atoms with Crippen LogP contribution in [-0.4, -0.2) is 22.3 Å². The van der Waals surface area contributed by atoms with Crippen LogP contribution >= 0.6 is 0 Å². The molecule has 0 bridgehead atoms. The summed E-state index contributed by atoms with van der Waals surface area (Å²) in [5.41, 5.74) is 1.38. The van der Waals surface area contributed by atoms with Crippen molar-refractivity contribution in [2.45, 2.75) is 13.5 Å². The minimum absolute atomic E-state index is 0.159. The molecule has 26 heavy (non-hydrogen) atoms. The molecule has 3 aromatic rings. The minimum Gasteiger partial charge on any atom is -0.492 e. The van der Waals surface area contributed by atoms with E-state index in [2.05, 4.69) is 10.4 Å². The van der Waals surface area contributed by atoms with Crippen molar-refractivity contribution in [1.82, 2.24) is 9.78 Å². The summed E-state index contributed by atoms with van der Waals surface area (Å²) in [6.45, 7) is 2.67. The molecule has 132 valence electrons. The molecule has 1 amide bonds. The molecule has 1 aromatic heterocycles. The Morgan fingerprint density at radius 1 is 1.04 bits per heavy atom. The van der Waals surface area contributed by atoms with Crippen LogP contribution < -0.4 is 15.6 Å². The smallest absolute Gasteiger partial charge is 0.276 e. The summed E-state index contributed by atoms with van der Waals surface area (Å²) in [5.74, 6) is 0.180. The number of hydrogen-bond acceptors (Lipinski definition) is 4. The van der Waals surface area contributed by atoms with Gasteiger partial charge in [-0.05, 0) is 30.7 Å². The topological polar surface area (TPSA) is 73.2 Å². The standard InChI is InChI=1S/C20H19N3O3/c1-2-26-18-11-7-6-10-16(18)21-20(25)17-12-13-19(24)23(22-17)14-15-8-4-3-5-9-15/h3-13H,2,14H2,1H3,(H,21,25). The van der Waals surface area contributed by atoms with Gasteiger partial charge in [-0.15, -0.1) is 0 Å². The number of aromatic nitrogens is 2. The number of ether oxygens (including phenoxy) is 1. The highest BCUT2D eigenvalue weighted by Gasteiger charge is 2.12. The molecule has 0 unspecified atom stereocenters. The highest BCUT2D eigenvalue weighted by molar-refractivity contribution is 6.03. The van der Waals surface area contributed by atoms with Gasteiger partial charge < -0.3 is 10.1 Å². The Balaban J connectivity index is 1.82. The molecule has 6 nitrogen and oxygen atoms in total. The maximum absolute atomic E-state index is 12.5. The number of nitrogens with one attached hydrogen (secondary N) is 1. The zero-order chi connectivity index (χ0) is 18.4. The van der Waals surface area contributed by atoms with Gasteiger partial charge in [-0.25, -0.2) is 4.68 Å². The molecule has 0 aliphatic heterocycles. The fraction of sp³-hybridized carbons (Fsp3) is 0.150. The number of carbonyl (C=O) groups is 1. The quantitative estimate of drug-likeness (QED) is 0.743. The summed E-state index contributed by atoms with van der Waals surface area (Å²) >= 11 is 0. The number of para-hydroxylation sites is 2. The Hall–Kier alpha value is -3.41. The number of hydrogen-bond donors (Lipinski definition) is 1. The second-order valence-corrected chi connectivity index (χ2v) is 5.58. The molecule has 0 spiro atoms. The second kappa shape index (κ2) is 8.11. The normalized spacial score (nSPS) is 10.3. The van der Waals surface area contributed by atoms with E-state index in [0.717, 1.165) is 5.56 Å². The van der Waals surface area contributed by atoms with E-state index in [-0.39, 0.29) is 11.3 Å². The lowest BCUT2D eigenvalue weighted by Gasteiger charge is -2.11. The first-order valence-electron chi connectivity index (χ1n) is 8.32. The first-order valence-corrected chi connectivity index (χ1v) is 8.32. The molecule has 0 fully saturated rings. The number of carbonyl (C=O) groups excluding carboxylic acids is 1. The van der Waals surface area contributed by atoms with Crippen molar-refractivity contribution in [2.24, 2.45) is 0 Å². The van der Waals surface area contributed by atoms with Gasteiger partial charge in [0.2, 0.25) is 0 Å². The van der Waals surface area contributed by atoms with Gasteiger partial charge in [0.15, 0.2) is 0 Å². The predicted molar refractivity (Wildman–Crippen MR) is 99.6 cm³/mol. The zero-order valence-corrected chi connectivity index (χ0v) is 14.4. The van der Waals surface area contributed by atoms with Crippen molar-refractivity contribution >= 4 is 11.6 Å². The number of nitrogens with zero attached hydrogens (tertiary/aromatic N) is 2. The van der Waals surface area contributed by atoms with Gasteiger partial charge in [0, 0.05) is 6.07 Å². The third-order valence-electron chi connectivity index (χ3n) is 3.71. The molecule has 2 aromatic carbocycles. The van der Waals surface area contributed by atoms with Gasteiger partial charge in [-0.1, -0.05) is 42.5 Å². The molecular formula is C20H19N3O3. The number of benzene rings is 2. The molecule has 0 radical (unpaired) electrons. The van der Waals surface area contributed by atoms with Gasteiger partial charge >= 0.3 is 0 Å². The number of rotatable bonds is 6. The first-order chi connectivity index (χ1) is 12.7. The van der Waals surface area contributed by atoms with Crippen LogP contribution in [-0.2, 0) is 6.54 Å². The second-order valence-electron chi connectivity index (χ2n) is 5.58. The van der Waals surface area contributed by atoms with E-state index < -0.39 is 5.91 Å². The lowest BCUT2D eigenvalue weighted by Crippen LogP contribution is -2.26. The summed E-state index contributed by atoms with van der Waals surface area (Å²) in [5, 5.41) is 6.97. The maximum Gasteiger partial charge on any atom is 0.276 e. The van der Waals surface area contributed by atoms with E-state index in [9.17, 15) is 9.59 Å². The average molecular weight is 349 g/mol. The first kappa shape index (κ1) is 17.4. The van der Waals surface area contributed by atoms with Crippen molar-refractivity contribution in [3.63, 3.8) is 0 Å². The van der Waals surface area contributed by atoms with Crippen LogP contribution in [0, 0.1) is 0 Å². The van der Waals surface area contributed by atoms with Crippen molar-refractivity contribution in [3.8, 4) is 5.75 Å². The third-order valence-corrected chi connectivity index (χ3v) is 3.71. The number of anilines is 1. The van der Waals surface area contributed by atoms with Crippen LogP contribution in [0.2, 0.25) is 0 Å². The van der Waals surface area contributed by atoms with E-state index in [0.29, 0.717) is 24.6 Å². The highest BCUT2D eigenvalue weighted by atomic mass is 16.5. The van der Waals surface area contributed by atoms with Crippen molar-refractivity contribution < 1.29 is 9.53 Å². The van der Waals surface area contributed by atoms with Gasteiger partial charge in [0.05, 0.1) is 18.8 Å². The van der Waals surface area contributed by atoms with Crippen LogP contribution in [0.1, 0.15) is 23.0 Å². The Morgan fingerprint density at radius 3 is 2.54 bits per heavy atom. The van der Waals surface area contributed by atoms with Gasteiger partial charge in [0.25, 0.3) is 11.5 Å². The van der Waals surface area contributed by atoms with E-state index in [1.54, 1.807) is 12.1 Å². The molecular weight excluding hydrogens is 330 g/mol. The molecule has 0 atom stereocenters. The summed E-state index contributed by atoms with van der Waals surface area (Å²) in [4.78, 5) is 24.6. The van der Waals surface area contributed by atoms with E-state index in [1.165, 1.54) is 16.8 Å². The molecule has 0 saturated heterocycles. The minimum atomic E-state index is -0.404. The fourth-order valence-electron chi connectivity index (χ4n) is 2.48. The van der Waals surface area contributed by atoms with Crippen LogP contribution in [0.4, 0.5) is 5.69 Å². The lowest BCUT2D eigenvalue weighted by molar-refractivity contribution is 0.101. The van der Waals surface area contributed by atoms with E-state index in [1.807, 2.05) is 49.4 Å². The van der Waals surface area contributed by atoms with Crippen LogP contribution in [0.5, 0.6) is 5.75 Å². The summed E-state index contributed by atoms with van der Waals surface area (Å²) in [6.07, 6.45) is 0. The number of amides is 1. The van der Waals surface area contributed by atoms with E-state index in [4.69, 9.17) is 4.74 Å². The molecule has 0 aliphatic rings. The molecule has 0 aliphatic carbocycles. The van der Waals surface area contributed by atoms with Crippen LogP contribution in [0.15, 0.2) is 71.5 Å². The lowest BCUT2D eigenvalue weighted by atomic mass is 10.2. The maximum atomic E-state index is 12.5. The largest absolute Gasteiger partial charge is 0.492 e. The molecule has 6 heteroatoms. The van der Waals surface area contributed by atoms with Gasteiger partial charge in [-0.3, -0.25) is 9.59 Å². The van der Waals surface area contributed by atoms with Crippen molar-refractivity contribution in [1.29, 1.82) is 0 Å². The predicted octanol–water partition coefficient (Wildman–Crippen LogP) is 2.94. The molecule has 0 saturated carbocycles. The van der Waals surface area contributed by atoms with E-state index >= 15 is 0 Å². The Bertz CT molecular complexity index is 952. The third kappa shape index (κ3) is 4.16. The Kier molecular flexibility index (Phi) is 5.43. The van der Waals surface area contributed by atoms with Crippen LogP contribution in [0.25, 0.3) is 0 Å². The Labute approximate surface area is 151 Å². The average Bonchev–Trinajstić information content (AvgIpc) is 2.66. The van der Waals surface area contributed by atoms with Crippen molar-refractivity contribution in [3.05, 3.63) is 88.3 Å². The highest BCUT2D eigenvalue weighted by Crippen LogP contribution is 2.23. The van der Waals surface area contributed by atoms with Gasteiger partial charge in [-0.2, -0.15) is 5.10 Å². The molecule has 1 heterocycles. The molecule has 3 rings (SSSR count). The van der Waals surface area contributed by atoms with Gasteiger partial charge in [0.1, 0.15) is 11.4 Å².